The average Bonchev–Trinajstić information content (AvgIpc) is 3.03. The molecule has 0 amide bonds. The molecule has 0 aliphatic carbocycles. The minimum Gasteiger partial charge on any atom is -1.00 e. The normalized spacial score (nSPS) is 12.9. The van der Waals surface area contributed by atoms with Crippen molar-refractivity contribution >= 4 is 0 Å². The Bertz CT molecular complexity index is 703. The van der Waals surface area contributed by atoms with E-state index in [9.17, 15) is 10.2 Å². The van der Waals surface area contributed by atoms with Crippen LogP contribution in [0.2, 0.25) is 0 Å². The lowest BCUT2D eigenvalue weighted by Crippen LogP contribution is -3.00. The number of nitrogens with zero attached hydrogens (tertiary/aromatic N) is 1. The number of aromatic nitrogens is 1. The first-order valence-corrected chi connectivity index (χ1v) is 18.9. The van der Waals surface area contributed by atoms with Crippen molar-refractivity contribution in [1.82, 2.24) is 5.32 Å². The number of hydrogen-bond acceptors (Lipinski definition) is 3. The molecule has 0 spiro atoms. The highest BCUT2D eigenvalue weighted by Gasteiger charge is 2.14. The molecule has 0 saturated carbocycles. The van der Waals surface area contributed by atoms with Crippen molar-refractivity contribution < 1.29 is 31.8 Å². The molecule has 3 N–H and O–H groups in total. The first-order valence-electron chi connectivity index (χ1n) is 18.9. The van der Waals surface area contributed by atoms with E-state index in [0.717, 1.165) is 25.9 Å². The summed E-state index contributed by atoms with van der Waals surface area (Å²) in [6, 6.07) is 6.05. The second-order valence-corrected chi connectivity index (χ2v) is 13.0. The summed E-state index contributed by atoms with van der Waals surface area (Å²) in [5, 5.41) is 23.5. The van der Waals surface area contributed by atoms with Crippen LogP contribution in [0.1, 0.15) is 174 Å². The first-order chi connectivity index (χ1) is 21.3. The Kier molecular flexibility index (Phi) is 34.5. The first kappa shape index (κ1) is 43.2. The van der Waals surface area contributed by atoms with Gasteiger partial charge < -0.3 is 32.5 Å². The van der Waals surface area contributed by atoms with Gasteiger partial charge in [0.1, 0.15) is 6.54 Å². The van der Waals surface area contributed by atoms with Crippen LogP contribution in [0.25, 0.3) is 0 Å². The predicted octanol–water partition coefficient (Wildman–Crippen LogP) is 7.01. The van der Waals surface area contributed by atoms with E-state index in [0.29, 0.717) is 0 Å². The number of unbranched alkanes of at least 4 members (excludes halogenated alkanes) is 24. The van der Waals surface area contributed by atoms with E-state index >= 15 is 0 Å². The third-order valence-corrected chi connectivity index (χ3v) is 8.94. The van der Waals surface area contributed by atoms with Crippen molar-refractivity contribution in [3.63, 3.8) is 0 Å². The summed E-state index contributed by atoms with van der Waals surface area (Å²) in [6.45, 7) is 4.29. The Morgan fingerprint density at radius 3 is 1.50 bits per heavy atom. The van der Waals surface area contributed by atoms with Crippen LogP contribution < -0.4 is 26.9 Å². The minimum absolute atomic E-state index is 0. The molecule has 0 aromatic carbocycles. The van der Waals surface area contributed by atoms with Gasteiger partial charge in [-0.1, -0.05) is 160 Å². The van der Waals surface area contributed by atoms with E-state index in [2.05, 4.69) is 53.5 Å². The zero-order chi connectivity index (χ0) is 30.9. The maximum Gasteiger partial charge on any atom is 0.168 e. The number of allylic oxidation sites excluding steroid dienone is 1. The lowest BCUT2D eigenvalue weighted by Gasteiger charge is -2.19. The standard InChI is InChI=1S/C39H73N2O2.BrH/c1-2-3-4-5-6-7-8-11-14-17-20-23-27-32-39(43)38(37-42)40-33-28-24-21-18-15-12-9-10-13-16-19-22-25-29-34-41-35-30-26-31-36-41;/h26-27,30-32,35-36,38-40,42-43H,2-25,28-29,33-34,37H2,1H3;1H/q+1;/p-1/b32-27+;/t38-,39+;/m0./s1. The third-order valence-electron chi connectivity index (χ3n) is 8.94. The molecular weight excluding hydrogens is 608 g/mol. The molecule has 0 aliphatic rings. The summed E-state index contributed by atoms with van der Waals surface area (Å²) >= 11 is 0. The van der Waals surface area contributed by atoms with Crippen LogP contribution in [-0.2, 0) is 6.54 Å². The lowest BCUT2D eigenvalue weighted by molar-refractivity contribution is -0.697. The number of hydrogen-bond donors (Lipinski definition) is 3. The quantitative estimate of drug-likeness (QED) is 0.0425. The number of aliphatic hydroxyl groups is 2. The molecule has 258 valence electrons. The fourth-order valence-corrected chi connectivity index (χ4v) is 6.00. The molecular formula is C39H73BrN2O2. The molecule has 0 fully saturated rings. The second kappa shape index (κ2) is 35.1. The van der Waals surface area contributed by atoms with Gasteiger partial charge in [0.15, 0.2) is 12.4 Å². The highest BCUT2D eigenvalue weighted by atomic mass is 79.9. The van der Waals surface area contributed by atoms with Gasteiger partial charge in [0, 0.05) is 18.6 Å². The van der Waals surface area contributed by atoms with Gasteiger partial charge in [0.05, 0.1) is 18.8 Å². The largest absolute Gasteiger partial charge is 1.00 e. The van der Waals surface area contributed by atoms with Crippen LogP contribution >= 0.6 is 0 Å². The van der Waals surface area contributed by atoms with E-state index in [-0.39, 0.29) is 29.6 Å². The summed E-state index contributed by atoms with van der Waals surface area (Å²) in [4.78, 5) is 0. The number of nitrogens with one attached hydrogen (secondary N) is 1. The highest BCUT2D eigenvalue weighted by Crippen LogP contribution is 2.14. The summed E-state index contributed by atoms with van der Waals surface area (Å²) in [5.74, 6) is 0. The van der Waals surface area contributed by atoms with Gasteiger partial charge in [-0.2, -0.15) is 0 Å². The highest BCUT2D eigenvalue weighted by molar-refractivity contribution is 4.94. The zero-order valence-corrected chi connectivity index (χ0v) is 30.5. The molecule has 0 saturated heterocycles. The smallest absolute Gasteiger partial charge is 0.168 e. The number of rotatable bonds is 33. The van der Waals surface area contributed by atoms with Crippen LogP contribution in [0.5, 0.6) is 0 Å². The summed E-state index contributed by atoms with van der Waals surface area (Å²) in [7, 11) is 0. The van der Waals surface area contributed by atoms with E-state index < -0.39 is 6.10 Å². The van der Waals surface area contributed by atoms with E-state index in [1.165, 1.54) is 154 Å². The molecule has 0 unspecified atom stereocenters. The molecule has 4 nitrogen and oxygen atoms in total. The number of aliphatic hydroxyl groups excluding tert-OH is 2. The van der Waals surface area contributed by atoms with Crippen molar-refractivity contribution in [2.45, 2.75) is 193 Å². The van der Waals surface area contributed by atoms with Crippen molar-refractivity contribution in [1.29, 1.82) is 0 Å². The molecule has 2 atom stereocenters. The van der Waals surface area contributed by atoms with Gasteiger partial charge in [0.25, 0.3) is 0 Å². The van der Waals surface area contributed by atoms with Crippen LogP contribution in [0.3, 0.4) is 0 Å². The fourth-order valence-electron chi connectivity index (χ4n) is 6.00. The molecule has 1 aromatic rings. The summed E-state index contributed by atoms with van der Waals surface area (Å²) < 4.78 is 2.29. The van der Waals surface area contributed by atoms with Crippen LogP contribution in [0.4, 0.5) is 0 Å². The Morgan fingerprint density at radius 1 is 0.591 bits per heavy atom. The second-order valence-electron chi connectivity index (χ2n) is 13.0. The average molecular weight is 682 g/mol. The zero-order valence-electron chi connectivity index (χ0n) is 28.9. The van der Waals surface area contributed by atoms with Gasteiger partial charge in [-0.15, -0.1) is 0 Å². The van der Waals surface area contributed by atoms with E-state index in [1.807, 2.05) is 6.08 Å². The van der Waals surface area contributed by atoms with Gasteiger partial charge in [-0.05, 0) is 32.2 Å². The Morgan fingerprint density at radius 2 is 1.02 bits per heavy atom. The Balaban J connectivity index is 0.0000185. The lowest BCUT2D eigenvalue weighted by atomic mass is 10.0. The molecule has 1 heterocycles. The molecule has 0 aliphatic heterocycles. The van der Waals surface area contributed by atoms with Crippen molar-refractivity contribution in [3.05, 3.63) is 42.7 Å². The Hall–Kier alpha value is -0.750. The fraction of sp³-hybridized carbons (Fsp3) is 0.821. The van der Waals surface area contributed by atoms with Crippen molar-refractivity contribution in [3.8, 4) is 0 Å². The van der Waals surface area contributed by atoms with Gasteiger partial charge >= 0.3 is 0 Å². The van der Waals surface area contributed by atoms with Gasteiger partial charge in [-0.3, -0.25) is 0 Å². The Labute approximate surface area is 284 Å². The van der Waals surface area contributed by atoms with Gasteiger partial charge in [-0.25, -0.2) is 4.57 Å². The van der Waals surface area contributed by atoms with E-state index in [4.69, 9.17) is 0 Å². The molecule has 0 radical (unpaired) electrons. The topological polar surface area (TPSA) is 56.4 Å². The molecule has 1 aromatic heterocycles. The molecule has 5 heteroatoms. The molecule has 0 bridgehead atoms. The van der Waals surface area contributed by atoms with Gasteiger partial charge in [0.2, 0.25) is 0 Å². The number of aryl methyl sites for hydroxylation is 1. The van der Waals surface area contributed by atoms with Crippen LogP contribution in [0.15, 0.2) is 42.7 Å². The SMILES string of the molecule is CCCCCCCCCCCCC/C=C/[C@@H](O)[C@H](CO)NCCCCCCCCCCCCCCCC[n+]1ccccc1.[Br-]. The summed E-state index contributed by atoms with van der Waals surface area (Å²) in [5.41, 5.74) is 0. The van der Waals surface area contributed by atoms with Crippen molar-refractivity contribution in [2.24, 2.45) is 0 Å². The maximum atomic E-state index is 10.4. The van der Waals surface area contributed by atoms with E-state index in [1.54, 1.807) is 0 Å². The van der Waals surface area contributed by atoms with Crippen LogP contribution in [0, 0.1) is 0 Å². The predicted molar refractivity (Wildman–Crippen MR) is 186 cm³/mol. The maximum absolute atomic E-state index is 10.4. The van der Waals surface area contributed by atoms with Crippen molar-refractivity contribution in [2.75, 3.05) is 13.2 Å². The number of pyridine rings is 1. The third kappa shape index (κ3) is 28.7. The molecule has 44 heavy (non-hydrogen) atoms. The number of halogens is 1. The monoisotopic (exact) mass is 680 g/mol. The van der Waals surface area contributed by atoms with Crippen LogP contribution in [-0.4, -0.2) is 35.5 Å². The minimum atomic E-state index is -0.601. The molecule has 1 rings (SSSR count). The summed E-state index contributed by atoms with van der Waals surface area (Å²) in [6.07, 6.45) is 42.5.